The van der Waals surface area contributed by atoms with Gasteiger partial charge in [0.25, 0.3) is 0 Å². The molecular weight excluding hydrogens is 450 g/mol. The van der Waals surface area contributed by atoms with E-state index in [4.69, 9.17) is 16.3 Å². The number of hydrogen-bond donors (Lipinski definition) is 1. The second kappa shape index (κ2) is 11.5. The third-order valence-electron chi connectivity index (χ3n) is 5.48. The van der Waals surface area contributed by atoms with Crippen LogP contribution in [0.5, 0.6) is 0 Å². The van der Waals surface area contributed by atoms with Gasteiger partial charge in [0.1, 0.15) is 5.82 Å². The Morgan fingerprint density at radius 1 is 1.16 bits per heavy atom. The van der Waals surface area contributed by atoms with Crippen molar-refractivity contribution in [1.29, 1.82) is 0 Å². The third-order valence-corrected chi connectivity index (χ3v) is 7.70. The van der Waals surface area contributed by atoms with Crippen LogP contribution in [0.1, 0.15) is 54.4 Å². The average Bonchev–Trinajstić information content (AvgIpc) is 3.44. The number of aromatic nitrogens is 3. The fourth-order valence-electron chi connectivity index (χ4n) is 3.91. The Morgan fingerprint density at radius 3 is 2.71 bits per heavy atom. The van der Waals surface area contributed by atoms with E-state index in [0.29, 0.717) is 23.4 Å². The molecule has 3 aromatic rings. The van der Waals surface area contributed by atoms with E-state index in [9.17, 15) is 5.11 Å². The zero-order valence-corrected chi connectivity index (χ0v) is 19.8. The van der Waals surface area contributed by atoms with E-state index in [0.717, 1.165) is 23.0 Å². The first-order valence-electron chi connectivity index (χ1n) is 10.8. The molecule has 0 saturated heterocycles. The van der Waals surface area contributed by atoms with E-state index < -0.39 is 6.10 Å². The molecule has 0 amide bonds. The molecule has 1 atom stereocenters. The fraction of sp³-hybridized carbons (Fsp3) is 0.478. The Labute approximate surface area is 196 Å². The molecule has 0 spiro atoms. The first kappa shape index (κ1) is 22.8. The lowest BCUT2D eigenvalue weighted by molar-refractivity contribution is 0.0397. The molecule has 1 N–H and O–H groups in total. The molecule has 1 fully saturated rings. The highest BCUT2D eigenvalue weighted by Gasteiger charge is 2.23. The van der Waals surface area contributed by atoms with Gasteiger partial charge in [-0.05, 0) is 42.0 Å². The van der Waals surface area contributed by atoms with Crippen molar-refractivity contribution >= 4 is 34.7 Å². The molecule has 0 bridgehead atoms. The normalized spacial score (nSPS) is 15.9. The van der Waals surface area contributed by atoms with Crippen LogP contribution in [0.25, 0.3) is 0 Å². The van der Waals surface area contributed by atoms with Gasteiger partial charge >= 0.3 is 0 Å². The molecule has 1 unspecified atom stereocenters. The predicted molar refractivity (Wildman–Crippen MR) is 127 cm³/mol. The van der Waals surface area contributed by atoms with Gasteiger partial charge in [0, 0.05) is 28.1 Å². The summed E-state index contributed by atoms with van der Waals surface area (Å²) in [5.41, 5.74) is 1.04. The topological polar surface area (TPSA) is 60.2 Å². The maximum absolute atomic E-state index is 10.4. The van der Waals surface area contributed by atoms with Gasteiger partial charge in [-0.3, -0.25) is 0 Å². The van der Waals surface area contributed by atoms with Crippen LogP contribution in [0.15, 0.2) is 46.9 Å². The number of halogens is 1. The van der Waals surface area contributed by atoms with E-state index in [1.807, 2.05) is 24.3 Å². The van der Waals surface area contributed by atoms with E-state index >= 15 is 0 Å². The Balaban J connectivity index is 1.34. The van der Waals surface area contributed by atoms with Crippen molar-refractivity contribution in [2.24, 2.45) is 0 Å². The molecule has 1 aliphatic rings. The summed E-state index contributed by atoms with van der Waals surface area (Å²) in [4.78, 5) is 1.30. The minimum Gasteiger partial charge on any atom is -0.390 e. The van der Waals surface area contributed by atoms with Crippen LogP contribution in [0.2, 0.25) is 5.02 Å². The van der Waals surface area contributed by atoms with Crippen LogP contribution >= 0.6 is 34.7 Å². The molecule has 1 saturated carbocycles. The van der Waals surface area contributed by atoms with Gasteiger partial charge in [0.15, 0.2) is 5.16 Å². The summed E-state index contributed by atoms with van der Waals surface area (Å²) in [6.07, 6.45) is 6.43. The number of thioether (sulfide) groups is 1. The molecule has 4 rings (SSSR count). The molecule has 5 nitrogen and oxygen atoms in total. The minimum atomic E-state index is -0.561. The highest BCUT2D eigenvalue weighted by molar-refractivity contribution is 7.99. The number of rotatable bonds is 10. The largest absolute Gasteiger partial charge is 0.390 e. The van der Waals surface area contributed by atoms with Crippen molar-refractivity contribution < 1.29 is 9.84 Å². The zero-order chi connectivity index (χ0) is 21.5. The maximum Gasteiger partial charge on any atom is 0.191 e. The summed E-state index contributed by atoms with van der Waals surface area (Å²) in [5, 5.41) is 23.2. The first-order valence-corrected chi connectivity index (χ1v) is 13.0. The van der Waals surface area contributed by atoms with Gasteiger partial charge in [-0.25, -0.2) is 0 Å². The molecule has 31 heavy (non-hydrogen) atoms. The molecule has 2 heterocycles. The van der Waals surface area contributed by atoms with Crippen molar-refractivity contribution in [2.45, 2.75) is 62.4 Å². The van der Waals surface area contributed by atoms with Crippen molar-refractivity contribution in [3.05, 3.63) is 63.1 Å². The van der Waals surface area contributed by atoms with Crippen molar-refractivity contribution in [1.82, 2.24) is 14.8 Å². The second-order valence-electron chi connectivity index (χ2n) is 7.92. The molecule has 1 aromatic carbocycles. The monoisotopic (exact) mass is 477 g/mol. The van der Waals surface area contributed by atoms with E-state index in [2.05, 4.69) is 32.3 Å². The SMILES string of the molecule is OC(COCc1ccc(Cl)cc1)CSc1nnc(Cc2cccs2)n1C1CCCCC1. The number of hydrogen-bond acceptors (Lipinski definition) is 6. The summed E-state index contributed by atoms with van der Waals surface area (Å²) in [5.74, 6) is 1.56. The first-order chi connectivity index (χ1) is 15.2. The predicted octanol–water partition coefficient (Wildman–Crippen LogP) is 5.76. The lowest BCUT2D eigenvalue weighted by atomic mass is 9.95. The summed E-state index contributed by atoms with van der Waals surface area (Å²) < 4.78 is 8.02. The summed E-state index contributed by atoms with van der Waals surface area (Å²) >= 11 is 9.24. The highest BCUT2D eigenvalue weighted by atomic mass is 35.5. The van der Waals surface area contributed by atoms with E-state index in [1.54, 1.807) is 23.1 Å². The van der Waals surface area contributed by atoms with Crippen molar-refractivity contribution in [3.63, 3.8) is 0 Å². The Kier molecular flexibility index (Phi) is 8.44. The molecular formula is C23H28ClN3O2S2. The van der Waals surface area contributed by atoms with Crippen LogP contribution in [-0.4, -0.2) is 38.3 Å². The number of ether oxygens (including phenoxy) is 1. The molecule has 0 radical (unpaired) electrons. The highest BCUT2D eigenvalue weighted by Crippen LogP contribution is 2.33. The number of aliphatic hydroxyl groups is 1. The average molecular weight is 478 g/mol. The van der Waals surface area contributed by atoms with Crippen LogP contribution in [0.3, 0.4) is 0 Å². The van der Waals surface area contributed by atoms with Gasteiger partial charge in [-0.2, -0.15) is 0 Å². The van der Waals surface area contributed by atoms with Gasteiger partial charge in [0.05, 0.1) is 19.3 Å². The smallest absolute Gasteiger partial charge is 0.191 e. The van der Waals surface area contributed by atoms with Crippen LogP contribution in [0.4, 0.5) is 0 Å². The Hall–Kier alpha value is -1.38. The maximum atomic E-state index is 10.4. The van der Waals surface area contributed by atoms with Gasteiger partial charge in [-0.1, -0.05) is 60.8 Å². The second-order valence-corrected chi connectivity index (χ2v) is 10.4. The van der Waals surface area contributed by atoms with E-state index in [-0.39, 0.29) is 6.61 Å². The lowest BCUT2D eigenvalue weighted by Gasteiger charge is -2.25. The van der Waals surface area contributed by atoms with Crippen molar-refractivity contribution in [2.75, 3.05) is 12.4 Å². The van der Waals surface area contributed by atoms with Gasteiger partial charge in [0.2, 0.25) is 0 Å². The summed E-state index contributed by atoms with van der Waals surface area (Å²) in [6, 6.07) is 12.3. The van der Waals surface area contributed by atoms with Crippen LogP contribution in [0, 0.1) is 0 Å². The number of nitrogens with zero attached hydrogens (tertiary/aromatic N) is 3. The van der Waals surface area contributed by atoms with Gasteiger partial charge in [-0.15, -0.1) is 21.5 Å². The summed E-state index contributed by atoms with van der Waals surface area (Å²) in [6.45, 7) is 0.747. The lowest BCUT2D eigenvalue weighted by Crippen LogP contribution is -2.20. The Morgan fingerprint density at radius 2 is 1.97 bits per heavy atom. The molecule has 8 heteroatoms. The van der Waals surface area contributed by atoms with Gasteiger partial charge < -0.3 is 14.4 Å². The zero-order valence-electron chi connectivity index (χ0n) is 17.5. The number of benzene rings is 1. The summed E-state index contributed by atoms with van der Waals surface area (Å²) in [7, 11) is 0. The quantitative estimate of drug-likeness (QED) is 0.376. The minimum absolute atomic E-state index is 0.287. The molecule has 2 aromatic heterocycles. The fourth-order valence-corrected chi connectivity index (χ4v) is 5.67. The van der Waals surface area contributed by atoms with Crippen molar-refractivity contribution in [3.8, 4) is 0 Å². The molecule has 1 aliphatic carbocycles. The number of aliphatic hydroxyl groups excluding tert-OH is 1. The van der Waals surface area contributed by atoms with E-state index in [1.165, 1.54) is 37.0 Å². The molecule has 166 valence electrons. The molecule has 0 aliphatic heterocycles. The Bertz CT molecular complexity index is 925. The van der Waals surface area contributed by atoms with Crippen LogP contribution in [-0.2, 0) is 17.8 Å². The standard InChI is InChI=1S/C23H28ClN3O2S2/c24-18-10-8-17(9-11-18)14-29-15-20(28)16-31-23-26-25-22(13-21-7-4-12-30-21)27(23)19-5-2-1-3-6-19/h4,7-12,19-20,28H,1-3,5-6,13-16H2. The number of thiophene rings is 1. The van der Waals surface area contributed by atoms with Crippen LogP contribution < -0.4 is 0 Å². The third kappa shape index (κ3) is 6.56.